The van der Waals surface area contributed by atoms with Gasteiger partial charge in [-0.15, -0.1) is 0 Å². The van der Waals surface area contributed by atoms with Crippen LogP contribution >= 0.6 is 17.2 Å². The fourth-order valence-corrected chi connectivity index (χ4v) is 7.74. The Balaban J connectivity index is 0.00000140. The second-order valence-electron chi connectivity index (χ2n) is 20.5. The Morgan fingerprint density at radius 3 is 1.13 bits per heavy atom. The minimum atomic E-state index is -2.61. The van der Waals surface area contributed by atoms with Crippen molar-refractivity contribution in [3.05, 3.63) is 58.1 Å². The summed E-state index contributed by atoms with van der Waals surface area (Å²) in [5.41, 5.74) is 9.80. The second kappa shape index (κ2) is 19.9. The molecule has 0 atom stereocenters. The number of rotatable bonds is 11. The maximum atomic E-state index is 8.50. The Morgan fingerprint density at radius 2 is 0.868 bits per heavy atom. The number of aryl methyl sites for hydroxylation is 1. The SMILES string of the molecule is Cc1cc(C(C)(C)C)c(-c2ccc(C(C)(C)CC(C)(C)C)cc2C(C)(C)CC(C)(C)C)c(C(C)(C)C)c1.OCC(CO)(CO)CO.OP(O)OP(O)O. The van der Waals surface area contributed by atoms with E-state index in [4.69, 9.17) is 40.0 Å². The summed E-state index contributed by atoms with van der Waals surface area (Å²) in [4.78, 5) is 31.3. The molecule has 2 aromatic rings. The van der Waals surface area contributed by atoms with Gasteiger partial charge in [0.05, 0.1) is 31.8 Å². The van der Waals surface area contributed by atoms with Gasteiger partial charge in [0, 0.05) is 0 Å². The van der Waals surface area contributed by atoms with E-state index < -0.39 is 49.0 Å². The fraction of sp³-hybridized carbons (Fsp3) is 0.714. The second-order valence-corrected chi connectivity index (χ2v) is 22.1. The third-order valence-corrected chi connectivity index (χ3v) is 10.3. The van der Waals surface area contributed by atoms with E-state index in [1.165, 1.54) is 38.9 Å². The van der Waals surface area contributed by atoms with Gasteiger partial charge in [-0.05, 0) is 85.6 Å². The molecule has 0 saturated carbocycles. The molecule has 0 amide bonds. The van der Waals surface area contributed by atoms with Gasteiger partial charge in [-0.3, -0.25) is 0 Å². The Kier molecular flexibility index (Phi) is 19.5. The van der Waals surface area contributed by atoms with Gasteiger partial charge in [0.15, 0.2) is 0 Å². The van der Waals surface area contributed by atoms with Crippen LogP contribution in [0, 0.1) is 23.2 Å². The van der Waals surface area contributed by atoms with Crippen molar-refractivity contribution >= 4 is 17.2 Å². The van der Waals surface area contributed by atoms with Gasteiger partial charge in [-0.1, -0.05) is 147 Å². The lowest BCUT2D eigenvalue weighted by atomic mass is 9.65. The monoisotopic (exact) mass is 786 g/mol. The summed E-state index contributed by atoms with van der Waals surface area (Å²) in [7, 11) is -5.22. The number of aliphatic hydroxyl groups is 4. The van der Waals surface area contributed by atoms with E-state index in [0.717, 1.165) is 12.8 Å². The van der Waals surface area contributed by atoms with Crippen LogP contribution in [-0.4, -0.2) is 66.4 Å². The zero-order valence-corrected chi connectivity index (χ0v) is 37.8. The highest BCUT2D eigenvalue weighted by molar-refractivity contribution is 7.53. The molecule has 53 heavy (non-hydrogen) atoms. The number of hydrogen-bond donors (Lipinski definition) is 8. The van der Waals surface area contributed by atoms with Crippen LogP contribution in [0.2, 0.25) is 0 Å². The average Bonchev–Trinajstić information content (AvgIpc) is 2.94. The van der Waals surface area contributed by atoms with Crippen molar-refractivity contribution < 1.29 is 44.3 Å². The van der Waals surface area contributed by atoms with Crippen molar-refractivity contribution in [2.24, 2.45) is 16.2 Å². The van der Waals surface area contributed by atoms with Crippen molar-refractivity contribution in [2.75, 3.05) is 26.4 Å². The van der Waals surface area contributed by atoms with Gasteiger partial charge in [0.25, 0.3) is 0 Å². The molecule has 0 radical (unpaired) electrons. The zero-order valence-electron chi connectivity index (χ0n) is 36.0. The number of aliphatic hydroxyl groups excluding tert-OH is 4. The molecule has 11 heteroatoms. The quantitative estimate of drug-likeness (QED) is 0.104. The van der Waals surface area contributed by atoms with Crippen molar-refractivity contribution in [3.8, 4) is 11.1 Å². The van der Waals surface area contributed by atoms with Gasteiger partial charge in [-0.2, -0.15) is 0 Å². The average molecular weight is 787 g/mol. The van der Waals surface area contributed by atoms with E-state index in [2.05, 4.69) is 152 Å². The van der Waals surface area contributed by atoms with E-state index in [1.54, 1.807) is 0 Å². The van der Waals surface area contributed by atoms with Crippen LogP contribution in [0.15, 0.2) is 30.3 Å². The summed E-state index contributed by atoms with van der Waals surface area (Å²) in [6.45, 7) is 38.9. The van der Waals surface area contributed by atoms with E-state index in [1.807, 2.05) is 0 Å². The van der Waals surface area contributed by atoms with Crippen LogP contribution in [-0.2, 0) is 26.0 Å². The van der Waals surface area contributed by atoms with Crippen molar-refractivity contribution in [2.45, 2.75) is 152 Å². The molecule has 2 aromatic carbocycles. The third kappa shape index (κ3) is 17.3. The van der Waals surface area contributed by atoms with Crippen molar-refractivity contribution in [3.63, 3.8) is 0 Å². The predicted molar refractivity (Wildman–Crippen MR) is 223 cm³/mol. The molecule has 0 heterocycles. The van der Waals surface area contributed by atoms with Crippen LogP contribution in [0.3, 0.4) is 0 Å². The topological polar surface area (TPSA) is 171 Å². The molecule has 8 N–H and O–H groups in total. The van der Waals surface area contributed by atoms with Gasteiger partial charge in [-0.25, -0.2) is 4.31 Å². The molecule has 2 rings (SSSR count). The molecule has 0 aliphatic carbocycles. The lowest BCUT2D eigenvalue weighted by Gasteiger charge is -2.39. The largest absolute Gasteiger partial charge is 0.396 e. The molecule has 0 spiro atoms. The molecule has 9 nitrogen and oxygen atoms in total. The van der Waals surface area contributed by atoms with Crippen LogP contribution in [0.25, 0.3) is 11.1 Å². The van der Waals surface area contributed by atoms with Gasteiger partial charge in [0.1, 0.15) is 0 Å². The summed E-state index contributed by atoms with van der Waals surface area (Å²) < 4.78 is 3.60. The van der Waals surface area contributed by atoms with E-state index in [9.17, 15) is 0 Å². The number of benzene rings is 2. The minimum Gasteiger partial charge on any atom is -0.396 e. The van der Waals surface area contributed by atoms with Crippen LogP contribution < -0.4 is 0 Å². The van der Waals surface area contributed by atoms with Crippen LogP contribution in [0.5, 0.6) is 0 Å². The molecular weight excluding hydrogens is 710 g/mol. The van der Waals surface area contributed by atoms with E-state index in [-0.39, 0.29) is 32.5 Å². The molecule has 0 fully saturated rings. The maximum absolute atomic E-state index is 8.50. The molecule has 0 saturated heterocycles. The first-order valence-electron chi connectivity index (χ1n) is 18.4. The minimum absolute atomic E-state index is 0.0383. The summed E-state index contributed by atoms with van der Waals surface area (Å²) in [6.07, 6.45) is 2.29. The Hall–Kier alpha value is -1.06. The third-order valence-electron chi connectivity index (χ3n) is 9.13. The fourth-order valence-electron chi connectivity index (χ4n) is 7.22. The molecule has 0 aliphatic rings. The highest BCUT2D eigenvalue weighted by Crippen LogP contribution is 2.49. The van der Waals surface area contributed by atoms with Crippen molar-refractivity contribution in [1.29, 1.82) is 0 Å². The van der Waals surface area contributed by atoms with Gasteiger partial charge >= 0.3 is 17.2 Å². The smallest absolute Gasteiger partial charge is 0.334 e. The Labute approximate surface area is 324 Å². The van der Waals surface area contributed by atoms with Gasteiger partial charge < -0.3 is 40.0 Å². The summed E-state index contributed by atoms with van der Waals surface area (Å²) in [5.74, 6) is 0. The van der Waals surface area contributed by atoms with E-state index >= 15 is 0 Å². The van der Waals surface area contributed by atoms with Crippen molar-refractivity contribution in [1.82, 2.24) is 0 Å². The molecule has 308 valence electrons. The van der Waals surface area contributed by atoms with Crippen LogP contribution in [0.4, 0.5) is 0 Å². The summed E-state index contributed by atoms with van der Waals surface area (Å²) in [5, 5.41) is 34.0. The molecule has 0 aromatic heterocycles. The van der Waals surface area contributed by atoms with Crippen LogP contribution in [0.1, 0.15) is 151 Å². The standard InChI is InChI=1S/C37H60.C5H12O4.H4O5P2/c1-25-20-29(34(8,9)10)31(30(21-25)35(11,12)13)27-19-18-26(36(14,15)23-32(2,3)4)22-28(27)37(16,17)24-33(5,6)7;6-1-5(2-7,3-8)4-9;1-6(2)5-7(3)4/h18-22H,23-24H2,1-17H3;6-9H,1-4H2;1-4H. The molecular formula is C42H76O9P2. The normalized spacial score (nSPS) is 13.5. The zero-order chi connectivity index (χ0) is 42.2. The lowest BCUT2D eigenvalue weighted by molar-refractivity contribution is -0.0328. The van der Waals surface area contributed by atoms with E-state index in [0.29, 0.717) is 0 Å². The first kappa shape index (κ1) is 51.9. The highest BCUT2D eigenvalue weighted by atomic mass is 31.2. The Bertz CT molecular complexity index is 1350. The van der Waals surface area contributed by atoms with Gasteiger partial charge in [0.2, 0.25) is 0 Å². The molecule has 0 aliphatic heterocycles. The highest BCUT2D eigenvalue weighted by Gasteiger charge is 2.36. The first-order valence-corrected chi connectivity index (χ1v) is 20.7. The molecule has 0 bridgehead atoms. The first-order chi connectivity index (χ1) is 23.6. The molecule has 0 unspecified atom stereocenters. The maximum Gasteiger partial charge on any atom is 0.334 e. The predicted octanol–water partition coefficient (Wildman–Crippen LogP) is 9.05. The lowest BCUT2D eigenvalue weighted by Crippen LogP contribution is -2.37. The summed E-state index contributed by atoms with van der Waals surface area (Å²) in [6, 6.07) is 12.4. The summed E-state index contributed by atoms with van der Waals surface area (Å²) >= 11 is 0. The Morgan fingerprint density at radius 1 is 0.509 bits per heavy atom. The number of hydrogen-bond acceptors (Lipinski definition) is 9.